The topological polar surface area (TPSA) is 57.5 Å². The van der Waals surface area contributed by atoms with Gasteiger partial charge in [-0.05, 0) is 40.7 Å². The van der Waals surface area contributed by atoms with Crippen molar-refractivity contribution in [2.24, 2.45) is 0 Å². The molecule has 3 nitrogen and oxygen atoms in total. The summed E-state index contributed by atoms with van der Waals surface area (Å²) in [7, 11) is 0. The van der Waals surface area contributed by atoms with Crippen LogP contribution in [0.1, 0.15) is 76.2 Å². The summed E-state index contributed by atoms with van der Waals surface area (Å²) in [5.74, 6) is -1.18. The second-order valence-corrected chi connectivity index (χ2v) is 8.95. The van der Waals surface area contributed by atoms with E-state index in [1.165, 1.54) is 5.56 Å². The summed E-state index contributed by atoms with van der Waals surface area (Å²) in [6.45, 7) is 4.21. The van der Waals surface area contributed by atoms with Crippen molar-refractivity contribution in [1.29, 1.82) is 0 Å². The molecule has 34 heavy (non-hydrogen) atoms. The van der Waals surface area contributed by atoms with Crippen LogP contribution in [0.15, 0.2) is 103 Å². The normalized spacial score (nSPS) is 13.7. The maximum atomic E-state index is 12.1. The van der Waals surface area contributed by atoms with E-state index in [0.717, 1.165) is 23.1 Å². The summed E-state index contributed by atoms with van der Waals surface area (Å²) >= 11 is 0. The second kappa shape index (κ2) is 10.4. The molecule has 3 atom stereocenters. The van der Waals surface area contributed by atoms with Gasteiger partial charge < -0.3 is 10.2 Å². The highest BCUT2D eigenvalue weighted by Crippen LogP contribution is 2.41. The minimum Gasteiger partial charge on any atom is -0.507 e. The summed E-state index contributed by atoms with van der Waals surface area (Å²) in [5.41, 5.74) is 4.89. The zero-order valence-corrected chi connectivity index (χ0v) is 19.6. The fourth-order valence-electron chi connectivity index (χ4n) is 4.72. The van der Waals surface area contributed by atoms with Crippen molar-refractivity contribution in [3.63, 3.8) is 0 Å². The monoisotopic (exact) mass is 450 g/mol. The molecule has 0 saturated carbocycles. The van der Waals surface area contributed by atoms with Crippen molar-refractivity contribution < 1.29 is 15.0 Å². The lowest BCUT2D eigenvalue weighted by Crippen LogP contribution is -2.10. The van der Waals surface area contributed by atoms with Crippen LogP contribution in [0.2, 0.25) is 0 Å². The van der Waals surface area contributed by atoms with Crippen LogP contribution in [0.5, 0.6) is 5.75 Å². The lowest BCUT2D eigenvalue weighted by Gasteiger charge is -2.25. The lowest BCUT2D eigenvalue weighted by molar-refractivity contribution is 0.0693. The van der Waals surface area contributed by atoms with Crippen molar-refractivity contribution in [2.45, 2.75) is 38.0 Å². The molecular weight excluding hydrogens is 420 g/mol. The van der Waals surface area contributed by atoms with Crippen LogP contribution in [0.3, 0.4) is 0 Å². The first-order valence-electron chi connectivity index (χ1n) is 11.7. The number of aromatic carboxylic acids is 1. The van der Waals surface area contributed by atoms with Gasteiger partial charge in [-0.2, -0.15) is 0 Å². The van der Waals surface area contributed by atoms with Crippen molar-refractivity contribution in [3.05, 3.63) is 137 Å². The van der Waals surface area contributed by atoms with Crippen LogP contribution < -0.4 is 0 Å². The highest BCUT2D eigenvalue weighted by molar-refractivity contribution is 5.92. The molecule has 0 aliphatic carbocycles. The maximum absolute atomic E-state index is 12.1. The van der Waals surface area contributed by atoms with E-state index in [1.54, 1.807) is 6.07 Å². The Balaban J connectivity index is 1.83. The number of phenols is 1. The van der Waals surface area contributed by atoms with Gasteiger partial charge in [0.2, 0.25) is 0 Å². The van der Waals surface area contributed by atoms with E-state index in [2.05, 4.69) is 31.2 Å². The average Bonchev–Trinajstić information content (AvgIpc) is 2.88. The zero-order chi connectivity index (χ0) is 24.1. The van der Waals surface area contributed by atoms with Gasteiger partial charge in [-0.3, -0.25) is 0 Å². The van der Waals surface area contributed by atoms with Crippen molar-refractivity contribution in [1.82, 2.24) is 0 Å². The van der Waals surface area contributed by atoms with E-state index in [0.29, 0.717) is 5.56 Å². The van der Waals surface area contributed by atoms with Gasteiger partial charge in [-0.25, -0.2) is 4.79 Å². The summed E-state index contributed by atoms with van der Waals surface area (Å²) in [6.07, 6.45) is 0.816. The molecule has 0 saturated heterocycles. The number of hydrogen-bond donors (Lipinski definition) is 2. The molecule has 3 unspecified atom stereocenters. The van der Waals surface area contributed by atoms with Crippen LogP contribution in [0.4, 0.5) is 0 Å². The molecule has 0 fully saturated rings. The molecule has 0 aliphatic heterocycles. The number of hydrogen-bond acceptors (Lipinski definition) is 2. The fraction of sp³-hybridized carbons (Fsp3) is 0.194. The van der Waals surface area contributed by atoms with E-state index < -0.39 is 5.97 Å². The van der Waals surface area contributed by atoms with Gasteiger partial charge in [0.25, 0.3) is 0 Å². The van der Waals surface area contributed by atoms with Crippen molar-refractivity contribution in [2.75, 3.05) is 0 Å². The number of rotatable bonds is 8. The molecule has 172 valence electrons. The molecule has 2 N–H and O–H groups in total. The van der Waals surface area contributed by atoms with Crippen LogP contribution in [0, 0.1) is 0 Å². The van der Waals surface area contributed by atoms with Crippen LogP contribution in [-0.4, -0.2) is 16.2 Å². The molecule has 0 radical (unpaired) electrons. The van der Waals surface area contributed by atoms with Gasteiger partial charge in [0, 0.05) is 17.4 Å². The molecule has 0 heterocycles. The Morgan fingerprint density at radius 1 is 0.706 bits per heavy atom. The van der Waals surface area contributed by atoms with E-state index in [4.69, 9.17) is 0 Å². The Bertz CT molecular complexity index is 1230. The third-order valence-electron chi connectivity index (χ3n) is 6.72. The average molecular weight is 451 g/mol. The minimum absolute atomic E-state index is 0.0168. The molecule has 0 aromatic heterocycles. The van der Waals surface area contributed by atoms with E-state index in [9.17, 15) is 15.0 Å². The predicted octanol–water partition coefficient (Wildman–Crippen LogP) is 7.57. The molecule has 0 bridgehead atoms. The first-order chi connectivity index (χ1) is 16.5. The first kappa shape index (κ1) is 23.3. The van der Waals surface area contributed by atoms with Crippen LogP contribution >= 0.6 is 0 Å². The number of carboxylic acid groups (broad SMARTS) is 1. The summed E-state index contributed by atoms with van der Waals surface area (Å²) in [4.78, 5) is 12.1. The Kier molecular flexibility index (Phi) is 7.12. The Hall–Kier alpha value is -3.85. The molecule has 0 amide bonds. The van der Waals surface area contributed by atoms with Crippen LogP contribution in [-0.2, 0) is 0 Å². The highest BCUT2D eigenvalue weighted by atomic mass is 16.4. The quantitative estimate of drug-likeness (QED) is 0.291. The lowest BCUT2D eigenvalue weighted by atomic mass is 9.79. The first-order valence-corrected chi connectivity index (χ1v) is 11.7. The van der Waals surface area contributed by atoms with Gasteiger partial charge in [0.15, 0.2) is 0 Å². The smallest absolute Gasteiger partial charge is 0.339 e. The van der Waals surface area contributed by atoms with E-state index in [-0.39, 0.29) is 29.1 Å². The number of carbonyl (C=O) groups is 1. The SMILES string of the molecule is CC(CC(c1ccccc1)c1cc(C(=O)O)c(O)c(C(C)c2ccccc2)c1)c1ccccc1. The Labute approximate surface area is 201 Å². The summed E-state index contributed by atoms with van der Waals surface area (Å²) in [5, 5.41) is 20.9. The summed E-state index contributed by atoms with van der Waals surface area (Å²) in [6, 6.07) is 34.1. The minimum atomic E-state index is -1.12. The predicted molar refractivity (Wildman–Crippen MR) is 137 cm³/mol. The fourth-order valence-corrected chi connectivity index (χ4v) is 4.72. The van der Waals surface area contributed by atoms with Crippen molar-refractivity contribution >= 4 is 5.97 Å². The molecule has 3 heteroatoms. The largest absolute Gasteiger partial charge is 0.507 e. The molecular formula is C31H30O3. The van der Waals surface area contributed by atoms with Gasteiger partial charge in [-0.15, -0.1) is 0 Å². The van der Waals surface area contributed by atoms with Gasteiger partial charge in [-0.1, -0.05) is 111 Å². The van der Waals surface area contributed by atoms with Gasteiger partial charge >= 0.3 is 5.97 Å². The highest BCUT2D eigenvalue weighted by Gasteiger charge is 2.25. The van der Waals surface area contributed by atoms with E-state index >= 15 is 0 Å². The summed E-state index contributed by atoms with van der Waals surface area (Å²) < 4.78 is 0. The van der Waals surface area contributed by atoms with Gasteiger partial charge in [0.05, 0.1) is 0 Å². The Morgan fingerprint density at radius 3 is 1.74 bits per heavy atom. The molecule has 4 rings (SSSR count). The maximum Gasteiger partial charge on any atom is 0.339 e. The van der Waals surface area contributed by atoms with Crippen LogP contribution in [0.25, 0.3) is 0 Å². The second-order valence-electron chi connectivity index (χ2n) is 8.95. The molecule has 4 aromatic carbocycles. The van der Waals surface area contributed by atoms with Crippen molar-refractivity contribution in [3.8, 4) is 5.75 Å². The number of benzene rings is 4. The standard InChI is InChI=1S/C31H30O3/c1-21(23-12-6-3-7-13-23)18-28(25-16-10-5-11-17-25)26-19-27(30(32)29(20-26)31(33)34)22(2)24-14-8-4-9-15-24/h3-17,19-22,28,32H,18H2,1-2H3,(H,33,34). The molecule has 4 aromatic rings. The number of aromatic hydroxyl groups is 1. The third kappa shape index (κ3) is 5.04. The zero-order valence-electron chi connectivity index (χ0n) is 19.6. The van der Waals surface area contributed by atoms with Gasteiger partial charge in [0.1, 0.15) is 11.3 Å². The third-order valence-corrected chi connectivity index (χ3v) is 6.72. The molecule has 0 spiro atoms. The molecule has 0 aliphatic rings. The Morgan fingerprint density at radius 2 is 1.21 bits per heavy atom. The number of carboxylic acids is 1. The van der Waals surface area contributed by atoms with E-state index in [1.807, 2.05) is 79.7 Å².